The van der Waals surface area contributed by atoms with Gasteiger partial charge in [-0.1, -0.05) is 43.1 Å². The van der Waals surface area contributed by atoms with E-state index in [2.05, 4.69) is 47.7 Å². The third-order valence-electron chi connectivity index (χ3n) is 5.18. The van der Waals surface area contributed by atoms with Crippen LogP contribution in [-0.2, 0) is 6.54 Å². The maximum absolute atomic E-state index is 12.4. The van der Waals surface area contributed by atoms with Gasteiger partial charge in [-0.2, -0.15) is 0 Å². The van der Waals surface area contributed by atoms with Crippen LogP contribution in [0.4, 0.5) is 0 Å². The Morgan fingerprint density at radius 2 is 1.92 bits per heavy atom. The molecular weight excluding hydrogens is 364 g/mol. The third kappa shape index (κ3) is 3.75. The lowest BCUT2D eigenvalue weighted by Gasteiger charge is -2.43. The minimum absolute atomic E-state index is 0.0918. The van der Waals surface area contributed by atoms with Crippen LogP contribution in [0.25, 0.3) is 10.9 Å². The molecule has 130 valence electrons. The smallest absolute Gasteiger partial charge is 0.251 e. The largest absolute Gasteiger partial charge is 0.307 e. The van der Waals surface area contributed by atoms with Crippen LogP contribution in [0.3, 0.4) is 0 Å². The number of halogens is 1. The topological polar surface area (TPSA) is 25.2 Å². The SMILES string of the molecule is CC(C)(C)C1CCCCN1CCn1c(=O)ccc2cc(Br)ccc21. The van der Waals surface area contributed by atoms with Crippen molar-refractivity contribution in [1.82, 2.24) is 9.47 Å². The van der Waals surface area contributed by atoms with Gasteiger partial charge in [-0.15, -0.1) is 0 Å². The monoisotopic (exact) mass is 390 g/mol. The van der Waals surface area contributed by atoms with E-state index in [1.165, 1.54) is 19.3 Å². The Labute approximate surface area is 152 Å². The standard InChI is InChI=1S/C20H27BrN2O/c1-20(2,3)18-6-4-5-11-22(18)12-13-23-17-9-8-16(21)14-15(17)7-10-19(23)24/h7-10,14,18H,4-6,11-13H2,1-3H3. The van der Waals surface area contributed by atoms with Crippen molar-refractivity contribution in [3.05, 3.63) is 45.2 Å². The van der Waals surface area contributed by atoms with E-state index >= 15 is 0 Å². The van der Waals surface area contributed by atoms with Gasteiger partial charge in [0.1, 0.15) is 0 Å². The van der Waals surface area contributed by atoms with Crippen LogP contribution >= 0.6 is 15.9 Å². The van der Waals surface area contributed by atoms with E-state index in [9.17, 15) is 4.79 Å². The molecule has 0 saturated carbocycles. The fourth-order valence-electron chi connectivity index (χ4n) is 3.97. The first-order chi connectivity index (χ1) is 11.4. The summed E-state index contributed by atoms with van der Waals surface area (Å²) < 4.78 is 2.97. The highest BCUT2D eigenvalue weighted by atomic mass is 79.9. The molecule has 0 bridgehead atoms. The van der Waals surface area contributed by atoms with Crippen molar-refractivity contribution < 1.29 is 0 Å². The first-order valence-corrected chi connectivity index (χ1v) is 9.69. The number of piperidine rings is 1. The van der Waals surface area contributed by atoms with Crippen molar-refractivity contribution in [2.75, 3.05) is 13.1 Å². The van der Waals surface area contributed by atoms with E-state index in [1.54, 1.807) is 6.07 Å². The number of pyridine rings is 1. The molecule has 1 aromatic carbocycles. The predicted octanol–water partition coefficient (Wildman–Crippen LogP) is 4.66. The number of hydrogen-bond acceptors (Lipinski definition) is 2. The minimum atomic E-state index is 0.0918. The summed E-state index contributed by atoms with van der Waals surface area (Å²) >= 11 is 3.51. The Morgan fingerprint density at radius 1 is 1.12 bits per heavy atom. The van der Waals surface area contributed by atoms with Crippen molar-refractivity contribution in [1.29, 1.82) is 0 Å². The second-order valence-corrected chi connectivity index (χ2v) is 8.86. The van der Waals surface area contributed by atoms with Gasteiger partial charge in [0.25, 0.3) is 5.56 Å². The van der Waals surface area contributed by atoms with Crippen LogP contribution < -0.4 is 5.56 Å². The fourth-order valence-corrected chi connectivity index (χ4v) is 4.35. The van der Waals surface area contributed by atoms with Crippen LogP contribution in [0.1, 0.15) is 40.0 Å². The lowest BCUT2D eigenvalue weighted by molar-refractivity contribution is 0.0610. The first kappa shape index (κ1) is 17.7. The zero-order valence-electron chi connectivity index (χ0n) is 14.9. The normalized spacial score (nSPS) is 19.8. The van der Waals surface area contributed by atoms with Crippen molar-refractivity contribution >= 4 is 26.8 Å². The number of benzene rings is 1. The Hall–Kier alpha value is -1.13. The summed E-state index contributed by atoms with van der Waals surface area (Å²) in [4.78, 5) is 15.0. The lowest BCUT2D eigenvalue weighted by Crippen LogP contribution is -2.48. The van der Waals surface area contributed by atoms with Gasteiger partial charge >= 0.3 is 0 Å². The van der Waals surface area contributed by atoms with Crippen LogP contribution in [0.15, 0.2) is 39.6 Å². The molecule has 1 fully saturated rings. The van der Waals surface area contributed by atoms with Gasteiger partial charge in [0, 0.05) is 29.7 Å². The van der Waals surface area contributed by atoms with Gasteiger partial charge < -0.3 is 4.57 Å². The molecule has 0 aliphatic carbocycles. The summed E-state index contributed by atoms with van der Waals surface area (Å²) in [6, 6.07) is 10.3. The van der Waals surface area contributed by atoms with Gasteiger partial charge in [-0.05, 0) is 54.5 Å². The highest BCUT2D eigenvalue weighted by Crippen LogP contribution is 2.31. The zero-order chi connectivity index (χ0) is 17.3. The van der Waals surface area contributed by atoms with E-state index in [0.29, 0.717) is 6.04 Å². The number of aromatic nitrogens is 1. The molecule has 1 aromatic heterocycles. The van der Waals surface area contributed by atoms with Gasteiger partial charge in [0.2, 0.25) is 0 Å². The average molecular weight is 391 g/mol. The second-order valence-electron chi connectivity index (χ2n) is 7.94. The second kappa shape index (κ2) is 7.01. The first-order valence-electron chi connectivity index (χ1n) is 8.89. The van der Waals surface area contributed by atoms with Crippen LogP contribution in [0, 0.1) is 5.41 Å². The van der Waals surface area contributed by atoms with Gasteiger partial charge in [0.05, 0.1) is 5.52 Å². The molecule has 24 heavy (non-hydrogen) atoms. The molecule has 2 aromatic rings. The molecule has 3 rings (SSSR count). The molecule has 1 aliphatic rings. The maximum atomic E-state index is 12.4. The van der Waals surface area contributed by atoms with Gasteiger partial charge in [0.15, 0.2) is 0 Å². The molecule has 0 radical (unpaired) electrons. The Morgan fingerprint density at radius 3 is 2.67 bits per heavy atom. The Kier molecular flexibility index (Phi) is 5.16. The number of likely N-dealkylation sites (tertiary alicyclic amines) is 1. The van der Waals surface area contributed by atoms with E-state index in [4.69, 9.17) is 0 Å². The number of nitrogens with zero attached hydrogens (tertiary/aromatic N) is 2. The molecule has 1 unspecified atom stereocenters. The molecule has 1 atom stereocenters. The van der Waals surface area contributed by atoms with E-state index in [0.717, 1.165) is 35.0 Å². The van der Waals surface area contributed by atoms with Crippen molar-refractivity contribution in [2.24, 2.45) is 5.41 Å². The van der Waals surface area contributed by atoms with Crippen molar-refractivity contribution in [3.8, 4) is 0 Å². The van der Waals surface area contributed by atoms with Gasteiger partial charge in [-0.25, -0.2) is 0 Å². The summed E-state index contributed by atoms with van der Waals surface area (Å²) in [5.41, 5.74) is 1.40. The predicted molar refractivity (Wildman–Crippen MR) is 105 cm³/mol. The summed E-state index contributed by atoms with van der Waals surface area (Å²) in [6.07, 6.45) is 3.85. The molecular formula is C20H27BrN2O. The number of hydrogen-bond donors (Lipinski definition) is 0. The minimum Gasteiger partial charge on any atom is -0.307 e. The lowest BCUT2D eigenvalue weighted by atomic mass is 9.80. The molecule has 1 aliphatic heterocycles. The van der Waals surface area contributed by atoms with Crippen molar-refractivity contribution in [2.45, 2.75) is 52.6 Å². The highest BCUT2D eigenvalue weighted by molar-refractivity contribution is 9.10. The molecule has 4 heteroatoms. The van der Waals surface area contributed by atoms with Crippen molar-refractivity contribution in [3.63, 3.8) is 0 Å². The molecule has 3 nitrogen and oxygen atoms in total. The van der Waals surface area contributed by atoms with Crippen LogP contribution in [0.2, 0.25) is 0 Å². The van der Waals surface area contributed by atoms with Crippen LogP contribution in [-0.4, -0.2) is 28.6 Å². The summed E-state index contributed by atoms with van der Waals surface area (Å²) in [7, 11) is 0. The Bertz CT molecular complexity index is 775. The fraction of sp³-hybridized carbons (Fsp3) is 0.550. The number of rotatable bonds is 3. The zero-order valence-corrected chi connectivity index (χ0v) is 16.5. The summed E-state index contributed by atoms with van der Waals surface area (Å²) in [5.74, 6) is 0. The quantitative estimate of drug-likeness (QED) is 0.760. The van der Waals surface area contributed by atoms with Crippen LogP contribution in [0.5, 0.6) is 0 Å². The molecule has 1 saturated heterocycles. The average Bonchev–Trinajstić information content (AvgIpc) is 2.53. The molecule has 0 N–H and O–H groups in total. The molecule has 0 spiro atoms. The molecule has 2 heterocycles. The summed E-state index contributed by atoms with van der Waals surface area (Å²) in [6.45, 7) is 9.83. The van der Waals surface area contributed by atoms with Gasteiger partial charge in [-0.3, -0.25) is 9.69 Å². The molecule has 0 amide bonds. The number of fused-ring (bicyclic) bond motifs is 1. The highest BCUT2D eigenvalue weighted by Gasteiger charge is 2.31. The third-order valence-corrected chi connectivity index (χ3v) is 5.67. The van der Waals surface area contributed by atoms with E-state index in [-0.39, 0.29) is 11.0 Å². The van der Waals surface area contributed by atoms with E-state index in [1.807, 2.05) is 22.8 Å². The summed E-state index contributed by atoms with van der Waals surface area (Å²) in [5, 5.41) is 1.11. The maximum Gasteiger partial charge on any atom is 0.251 e. The van der Waals surface area contributed by atoms with E-state index < -0.39 is 0 Å². The Balaban J connectivity index is 1.85.